The molecule has 0 unspecified atom stereocenters. The lowest BCUT2D eigenvalue weighted by Crippen LogP contribution is -2.08. The van der Waals surface area contributed by atoms with Crippen LogP contribution in [-0.2, 0) is 11.2 Å². The maximum atomic E-state index is 11.4. The number of ether oxygens (including phenoxy) is 1. The van der Waals surface area contributed by atoms with Crippen molar-refractivity contribution in [2.75, 3.05) is 6.61 Å². The van der Waals surface area contributed by atoms with Gasteiger partial charge in [0.2, 0.25) is 0 Å². The summed E-state index contributed by atoms with van der Waals surface area (Å²) in [7, 11) is 0. The number of carbonyl (C=O) groups excluding carboxylic acids is 2. The molecule has 0 saturated heterocycles. The number of hydrogen-bond donors (Lipinski definition) is 0. The van der Waals surface area contributed by atoms with Crippen molar-refractivity contribution in [2.24, 2.45) is 0 Å². The normalized spacial score (nSPS) is 13.8. The number of pyridine rings is 1. The Morgan fingerprint density at radius 3 is 3.07 bits per heavy atom. The molecular formula is C11H11NO3. The molecule has 0 radical (unpaired) electrons. The van der Waals surface area contributed by atoms with E-state index < -0.39 is 5.97 Å². The summed E-state index contributed by atoms with van der Waals surface area (Å²) >= 11 is 0. The number of carbonyl (C=O) groups is 2. The van der Waals surface area contributed by atoms with Crippen LogP contribution in [0.1, 0.15) is 39.8 Å². The van der Waals surface area contributed by atoms with E-state index in [1.807, 2.05) is 0 Å². The average Bonchev–Trinajstić information content (AvgIpc) is 2.60. The van der Waals surface area contributed by atoms with Gasteiger partial charge in [-0.3, -0.25) is 4.79 Å². The number of ketones is 1. The van der Waals surface area contributed by atoms with Gasteiger partial charge in [0.25, 0.3) is 0 Å². The molecule has 0 saturated carbocycles. The summed E-state index contributed by atoms with van der Waals surface area (Å²) in [5.41, 5.74) is 1.76. The Hall–Kier alpha value is -1.71. The van der Waals surface area contributed by atoms with Crippen LogP contribution in [0.3, 0.4) is 0 Å². The molecule has 2 rings (SSSR count). The molecule has 0 atom stereocenters. The quantitative estimate of drug-likeness (QED) is 0.684. The fourth-order valence-electron chi connectivity index (χ4n) is 1.64. The molecule has 4 heteroatoms. The second kappa shape index (κ2) is 3.81. The maximum absolute atomic E-state index is 11.4. The molecule has 1 aliphatic carbocycles. The van der Waals surface area contributed by atoms with Crippen molar-refractivity contribution in [2.45, 2.75) is 19.8 Å². The summed E-state index contributed by atoms with van der Waals surface area (Å²) in [5, 5.41) is 0. The average molecular weight is 205 g/mol. The summed E-state index contributed by atoms with van der Waals surface area (Å²) in [6.07, 6.45) is 2.83. The fourth-order valence-corrected chi connectivity index (χ4v) is 1.64. The van der Waals surface area contributed by atoms with Gasteiger partial charge in [-0.2, -0.15) is 0 Å². The van der Waals surface area contributed by atoms with E-state index in [9.17, 15) is 9.59 Å². The zero-order valence-electron chi connectivity index (χ0n) is 8.45. The third-order valence-corrected chi connectivity index (χ3v) is 2.39. The Kier molecular flexibility index (Phi) is 2.49. The first-order chi connectivity index (χ1) is 7.22. The van der Waals surface area contributed by atoms with Gasteiger partial charge in [0.05, 0.1) is 6.61 Å². The number of nitrogens with zero attached hydrogens (tertiary/aromatic N) is 1. The van der Waals surface area contributed by atoms with Gasteiger partial charge < -0.3 is 4.74 Å². The molecule has 1 aliphatic rings. The van der Waals surface area contributed by atoms with Crippen LogP contribution in [0.25, 0.3) is 0 Å². The van der Waals surface area contributed by atoms with Gasteiger partial charge >= 0.3 is 5.97 Å². The molecule has 0 spiro atoms. The summed E-state index contributed by atoms with van der Waals surface area (Å²) in [4.78, 5) is 26.8. The highest BCUT2D eigenvalue weighted by Gasteiger charge is 2.22. The second-order valence-electron chi connectivity index (χ2n) is 3.37. The Labute approximate surface area is 87.3 Å². The Morgan fingerprint density at radius 1 is 1.53 bits per heavy atom. The van der Waals surface area contributed by atoms with Crippen LogP contribution >= 0.6 is 0 Å². The van der Waals surface area contributed by atoms with E-state index in [0.29, 0.717) is 18.6 Å². The van der Waals surface area contributed by atoms with E-state index in [4.69, 9.17) is 4.74 Å². The number of aromatic nitrogens is 1. The number of Topliss-reactive ketones (excluding diaryl/α,β-unsaturated/α-hetero) is 1. The number of hydrogen-bond acceptors (Lipinski definition) is 4. The van der Waals surface area contributed by atoms with Gasteiger partial charge in [0.15, 0.2) is 5.78 Å². The number of esters is 1. The summed E-state index contributed by atoms with van der Waals surface area (Å²) in [6, 6.07) is 1.53. The second-order valence-corrected chi connectivity index (χ2v) is 3.37. The van der Waals surface area contributed by atoms with Crippen LogP contribution in [0.2, 0.25) is 0 Å². The smallest absolute Gasteiger partial charge is 0.356 e. The predicted molar refractivity (Wildman–Crippen MR) is 52.8 cm³/mol. The van der Waals surface area contributed by atoms with Crippen molar-refractivity contribution in [3.05, 3.63) is 29.1 Å². The van der Waals surface area contributed by atoms with Crippen LogP contribution in [0, 0.1) is 0 Å². The highest BCUT2D eigenvalue weighted by atomic mass is 16.5. The molecule has 1 heterocycles. The van der Waals surface area contributed by atoms with E-state index in [-0.39, 0.29) is 11.5 Å². The Morgan fingerprint density at radius 2 is 2.33 bits per heavy atom. The van der Waals surface area contributed by atoms with E-state index >= 15 is 0 Å². The largest absolute Gasteiger partial charge is 0.461 e. The van der Waals surface area contributed by atoms with Crippen LogP contribution in [0.5, 0.6) is 0 Å². The molecule has 1 aromatic rings. The standard InChI is InChI=1S/C11H11NO3/c1-2-15-11(14)9-5-8-7(6-12-9)3-4-10(8)13/h5-6H,2-4H2,1H3. The zero-order valence-corrected chi connectivity index (χ0v) is 8.45. The third-order valence-electron chi connectivity index (χ3n) is 2.39. The first-order valence-electron chi connectivity index (χ1n) is 4.91. The lowest BCUT2D eigenvalue weighted by atomic mass is 10.1. The minimum atomic E-state index is -0.472. The lowest BCUT2D eigenvalue weighted by Gasteiger charge is -2.02. The van der Waals surface area contributed by atoms with E-state index in [2.05, 4.69) is 4.98 Å². The van der Waals surface area contributed by atoms with E-state index in [0.717, 1.165) is 12.0 Å². The van der Waals surface area contributed by atoms with Crippen molar-refractivity contribution in [1.29, 1.82) is 0 Å². The lowest BCUT2D eigenvalue weighted by molar-refractivity contribution is 0.0519. The number of aryl methyl sites for hydroxylation is 1. The molecule has 0 aliphatic heterocycles. The molecule has 15 heavy (non-hydrogen) atoms. The molecule has 0 fully saturated rings. The number of rotatable bonds is 2. The highest BCUT2D eigenvalue weighted by molar-refractivity contribution is 6.02. The molecule has 1 aromatic heterocycles. The topological polar surface area (TPSA) is 56.3 Å². The zero-order chi connectivity index (χ0) is 10.8. The Balaban J connectivity index is 2.33. The van der Waals surface area contributed by atoms with Gasteiger partial charge in [-0.25, -0.2) is 9.78 Å². The van der Waals surface area contributed by atoms with Crippen molar-refractivity contribution < 1.29 is 14.3 Å². The van der Waals surface area contributed by atoms with Gasteiger partial charge in [-0.05, 0) is 25.0 Å². The molecule has 0 aromatic carbocycles. The minimum absolute atomic E-state index is 0.0814. The summed E-state index contributed by atoms with van der Waals surface area (Å²) in [6.45, 7) is 2.04. The summed E-state index contributed by atoms with van der Waals surface area (Å²) < 4.78 is 4.81. The van der Waals surface area contributed by atoms with Crippen molar-refractivity contribution >= 4 is 11.8 Å². The molecule has 4 nitrogen and oxygen atoms in total. The monoisotopic (exact) mass is 205 g/mol. The molecule has 0 amide bonds. The van der Waals surface area contributed by atoms with Crippen LogP contribution in [-0.4, -0.2) is 23.3 Å². The van der Waals surface area contributed by atoms with Crippen molar-refractivity contribution in [1.82, 2.24) is 4.98 Å². The van der Waals surface area contributed by atoms with Crippen LogP contribution < -0.4 is 0 Å². The fraction of sp³-hybridized carbons (Fsp3) is 0.364. The van der Waals surface area contributed by atoms with Gasteiger partial charge in [0, 0.05) is 18.2 Å². The molecule has 0 bridgehead atoms. The van der Waals surface area contributed by atoms with E-state index in [1.54, 1.807) is 13.1 Å². The third kappa shape index (κ3) is 1.75. The minimum Gasteiger partial charge on any atom is -0.461 e. The SMILES string of the molecule is CCOC(=O)c1cc2c(cn1)CCC2=O. The Bertz CT molecular complexity index is 426. The molecule has 0 N–H and O–H groups in total. The van der Waals surface area contributed by atoms with E-state index in [1.165, 1.54) is 6.07 Å². The first kappa shape index (κ1) is 9.83. The summed E-state index contributed by atoms with van der Waals surface area (Å²) in [5.74, 6) is -0.391. The van der Waals surface area contributed by atoms with Gasteiger partial charge in [0.1, 0.15) is 5.69 Å². The van der Waals surface area contributed by atoms with Crippen molar-refractivity contribution in [3.8, 4) is 0 Å². The van der Waals surface area contributed by atoms with Crippen LogP contribution in [0.4, 0.5) is 0 Å². The highest BCUT2D eigenvalue weighted by Crippen LogP contribution is 2.21. The predicted octanol–water partition coefficient (Wildman–Crippen LogP) is 1.39. The van der Waals surface area contributed by atoms with Gasteiger partial charge in [-0.15, -0.1) is 0 Å². The first-order valence-corrected chi connectivity index (χ1v) is 4.91. The molecular weight excluding hydrogens is 194 g/mol. The van der Waals surface area contributed by atoms with Gasteiger partial charge in [-0.1, -0.05) is 0 Å². The van der Waals surface area contributed by atoms with Crippen LogP contribution in [0.15, 0.2) is 12.3 Å². The maximum Gasteiger partial charge on any atom is 0.356 e. The van der Waals surface area contributed by atoms with Crippen molar-refractivity contribution in [3.63, 3.8) is 0 Å². The molecule has 78 valence electrons. The number of fused-ring (bicyclic) bond motifs is 1.